The van der Waals surface area contributed by atoms with Gasteiger partial charge in [-0.1, -0.05) is 26.0 Å². The molecule has 0 aliphatic carbocycles. The first-order valence-electron chi connectivity index (χ1n) is 6.98. The predicted octanol–water partition coefficient (Wildman–Crippen LogP) is 0.910. The average Bonchev–Trinajstić information content (AvgIpc) is 2.79. The Morgan fingerprint density at radius 2 is 2.05 bits per heavy atom. The van der Waals surface area contributed by atoms with E-state index in [1.807, 2.05) is 13.8 Å². The van der Waals surface area contributed by atoms with Gasteiger partial charge in [0.1, 0.15) is 6.54 Å². The molecule has 0 fully saturated rings. The van der Waals surface area contributed by atoms with Crippen molar-refractivity contribution >= 4 is 23.0 Å². The molecule has 1 aromatic carbocycles. The Hall–Kier alpha value is -2.57. The molecule has 0 saturated carbocycles. The van der Waals surface area contributed by atoms with Gasteiger partial charge in [-0.15, -0.1) is 0 Å². The Labute approximate surface area is 126 Å². The summed E-state index contributed by atoms with van der Waals surface area (Å²) in [5.74, 6) is -1.36. The number of ether oxygens (including phenoxy) is 1. The number of esters is 1. The highest BCUT2D eigenvalue weighted by Gasteiger charge is 2.14. The summed E-state index contributed by atoms with van der Waals surface area (Å²) < 4.78 is 11.0. The van der Waals surface area contributed by atoms with Gasteiger partial charge in [0.2, 0.25) is 0 Å². The quantitative estimate of drug-likeness (QED) is 0.801. The summed E-state index contributed by atoms with van der Waals surface area (Å²) in [6.07, 6.45) is 0. The molecular weight excluding hydrogens is 288 g/mol. The molecule has 0 bridgehead atoms. The fourth-order valence-corrected chi connectivity index (χ4v) is 1.85. The maximum atomic E-state index is 11.7. The molecule has 7 nitrogen and oxygen atoms in total. The lowest BCUT2D eigenvalue weighted by Crippen LogP contribution is -2.32. The van der Waals surface area contributed by atoms with Crippen molar-refractivity contribution in [3.63, 3.8) is 0 Å². The van der Waals surface area contributed by atoms with Gasteiger partial charge < -0.3 is 14.5 Å². The summed E-state index contributed by atoms with van der Waals surface area (Å²) in [6, 6.07) is 6.77. The van der Waals surface area contributed by atoms with Gasteiger partial charge in [-0.25, -0.2) is 4.79 Å². The molecule has 2 aromatic rings. The highest BCUT2D eigenvalue weighted by atomic mass is 16.5. The second-order valence-corrected chi connectivity index (χ2v) is 5.28. The van der Waals surface area contributed by atoms with Gasteiger partial charge in [-0.05, 0) is 18.1 Å². The van der Waals surface area contributed by atoms with E-state index in [-0.39, 0.29) is 19.1 Å². The molecule has 1 N–H and O–H groups in total. The lowest BCUT2D eigenvalue weighted by Gasteiger charge is -2.08. The van der Waals surface area contributed by atoms with E-state index in [9.17, 15) is 14.4 Å². The molecule has 118 valence electrons. The monoisotopic (exact) mass is 306 g/mol. The number of carbonyl (C=O) groups is 2. The Morgan fingerprint density at radius 1 is 1.32 bits per heavy atom. The van der Waals surface area contributed by atoms with Crippen molar-refractivity contribution in [1.29, 1.82) is 0 Å². The van der Waals surface area contributed by atoms with Crippen molar-refractivity contribution in [2.75, 3.05) is 13.2 Å². The molecule has 0 unspecified atom stereocenters. The standard InChI is InChI=1S/C15H18N2O5/c1-10(2)7-16-13(18)9-21-14(19)8-17-11-5-3-4-6-12(11)22-15(17)20/h3-6,10H,7-9H2,1-2H3,(H,16,18). The lowest BCUT2D eigenvalue weighted by atomic mass is 10.2. The van der Waals surface area contributed by atoms with E-state index in [0.29, 0.717) is 23.6 Å². The summed E-state index contributed by atoms with van der Waals surface area (Å²) in [4.78, 5) is 34.9. The lowest BCUT2D eigenvalue weighted by molar-refractivity contribution is -0.149. The third-order valence-electron chi connectivity index (χ3n) is 2.93. The van der Waals surface area contributed by atoms with Crippen LogP contribution in [0.25, 0.3) is 11.1 Å². The number of oxazole rings is 1. The van der Waals surface area contributed by atoms with Crippen molar-refractivity contribution in [2.45, 2.75) is 20.4 Å². The molecule has 0 spiro atoms. The number of nitrogens with zero attached hydrogens (tertiary/aromatic N) is 1. The SMILES string of the molecule is CC(C)CNC(=O)COC(=O)Cn1c(=O)oc2ccccc21. The first kappa shape index (κ1) is 15.8. The molecule has 7 heteroatoms. The van der Waals surface area contributed by atoms with E-state index >= 15 is 0 Å². The number of rotatable bonds is 6. The Bertz CT molecular complexity index is 729. The Morgan fingerprint density at radius 3 is 2.77 bits per heavy atom. The van der Waals surface area contributed by atoms with Crippen LogP contribution in [0.15, 0.2) is 33.5 Å². The van der Waals surface area contributed by atoms with Crippen LogP contribution in [0.1, 0.15) is 13.8 Å². The molecule has 0 atom stereocenters. The van der Waals surface area contributed by atoms with Crippen LogP contribution in [0, 0.1) is 5.92 Å². The number of fused-ring (bicyclic) bond motifs is 1. The molecule has 1 aromatic heterocycles. The summed E-state index contributed by atoms with van der Waals surface area (Å²) in [6.45, 7) is 3.77. The number of hydrogen-bond donors (Lipinski definition) is 1. The van der Waals surface area contributed by atoms with Gasteiger partial charge in [0, 0.05) is 6.54 Å². The van der Waals surface area contributed by atoms with Crippen LogP contribution >= 0.6 is 0 Å². The number of benzene rings is 1. The average molecular weight is 306 g/mol. The third kappa shape index (κ3) is 3.97. The van der Waals surface area contributed by atoms with Crippen molar-refractivity contribution in [1.82, 2.24) is 9.88 Å². The minimum Gasteiger partial charge on any atom is -0.454 e. The maximum Gasteiger partial charge on any atom is 0.420 e. The minimum atomic E-state index is -0.673. The minimum absolute atomic E-state index is 0.298. The fraction of sp³-hybridized carbons (Fsp3) is 0.400. The second kappa shape index (κ2) is 6.93. The van der Waals surface area contributed by atoms with Crippen LogP contribution < -0.4 is 11.1 Å². The molecule has 1 heterocycles. The molecule has 2 rings (SSSR count). The number of hydrogen-bond acceptors (Lipinski definition) is 5. The van der Waals surface area contributed by atoms with Crippen molar-refractivity contribution in [3.8, 4) is 0 Å². The van der Waals surface area contributed by atoms with Crippen LogP contribution in [0.4, 0.5) is 0 Å². The molecule has 0 aliphatic heterocycles. The van der Waals surface area contributed by atoms with Crippen molar-refractivity contribution in [3.05, 3.63) is 34.8 Å². The molecule has 0 radical (unpaired) electrons. The molecular formula is C15H18N2O5. The van der Waals surface area contributed by atoms with Crippen LogP contribution in [0.5, 0.6) is 0 Å². The smallest absolute Gasteiger partial charge is 0.420 e. The van der Waals surface area contributed by atoms with E-state index in [1.54, 1.807) is 24.3 Å². The Kier molecular flexibility index (Phi) is 4.98. The van der Waals surface area contributed by atoms with Gasteiger partial charge >= 0.3 is 11.7 Å². The van der Waals surface area contributed by atoms with Gasteiger partial charge in [0.15, 0.2) is 12.2 Å². The van der Waals surface area contributed by atoms with E-state index in [1.165, 1.54) is 4.57 Å². The molecule has 0 aliphatic rings. The summed E-state index contributed by atoms with van der Waals surface area (Å²) >= 11 is 0. The summed E-state index contributed by atoms with van der Waals surface area (Å²) in [5, 5.41) is 2.63. The van der Waals surface area contributed by atoms with Gasteiger partial charge in [0.05, 0.1) is 5.52 Å². The van der Waals surface area contributed by atoms with Gasteiger partial charge in [-0.3, -0.25) is 14.2 Å². The number of aromatic nitrogens is 1. The zero-order valence-electron chi connectivity index (χ0n) is 12.5. The summed E-state index contributed by atoms with van der Waals surface area (Å²) in [7, 11) is 0. The molecule has 22 heavy (non-hydrogen) atoms. The number of amides is 1. The van der Waals surface area contributed by atoms with Crippen LogP contribution in [-0.4, -0.2) is 29.6 Å². The topological polar surface area (TPSA) is 90.5 Å². The fourth-order valence-electron chi connectivity index (χ4n) is 1.85. The van der Waals surface area contributed by atoms with Gasteiger partial charge in [0.25, 0.3) is 5.91 Å². The van der Waals surface area contributed by atoms with E-state index in [4.69, 9.17) is 9.15 Å². The van der Waals surface area contributed by atoms with Crippen LogP contribution in [0.2, 0.25) is 0 Å². The zero-order valence-corrected chi connectivity index (χ0v) is 12.5. The zero-order chi connectivity index (χ0) is 16.1. The number of para-hydroxylation sites is 2. The highest BCUT2D eigenvalue weighted by Crippen LogP contribution is 2.11. The molecule has 0 saturated heterocycles. The van der Waals surface area contributed by atoms with Crippen molar-refractivity contribution < 1.29 is 18.7 Å². The normalized spacial score (nSPS) is 10.9. The first-order valence-corrected chi connectivity index (χ1v) is 6.98. The summed E-state index contributed by atoms with van der Waals surface area (Å²) in [5.41, 5.74) is 0.906. The number of nitrogens with one attached hydrogen (secondary N) is 1. The van der Waals surface area contributed by atoms with E-state index in [0.717, 1.165) is 0 Å². The van der Waals surface area contributed by atoms with Crippen LogP contribution in [-0.2, 0) is 20.9 Å². The largest absolute Gasteiger partial charge is 0.454 e. The van der Waals surface area contributed by atoms with E-state index < -0.39 is 11.7 Å². The number of carbonyl (C=O) groups excluding carboxylic acids is 2. The second-order valence-electron chi connectivity index (χ2n) is 5.28. The van der Waals surface area contributed by atoms with E-state index in [2.05, 4.69) is 5.32 Å². The molecule has 1 amide bonds. The third-order valence-corrected chi connectivity index (χ3v) is 2.93. The maximum absolute atomic E-state index is 11.7. The van der Waals surface area contributed by atoms with Crippen LogP contribution in [0.3, 0.4) is 0 Å². The van der Waals surface area contributed by atoms with Crippen molar-refractivity contribution in [2.24, 2.45) is 5.92 Å². The Balaban J connectivity index is 1.93. The predicted molar refractivity (Wildman–Crippen MR) is 79.3 cm³/mol. The van der Waals surface area contributed by atoms with Gasteiger partial charge in [-0.2, -0.15) is 0 Å². The highest BCUT2D eigenvalue weighted by molar-refractivity contribution is 5.81. The first-order chi connectivity index (χ1) is 10.5.